The van der Waals surface area contributed by atoms with E-state index in [-0.39, 0.29) is 23.8 Å². The Kier molecular flexibility index (Phi) is 7.88. The van der Waals surface area contributed by atoms with Crippen molar-refractivity contribution in [3.05, 3.63) is 58.3 Å². The molecule has 0 saturated heterocycles. The second-order valence-electron chi connectivity index (χ2n) is 6.32. The van der Waals surface area contributed by atoms with Gasteiger partial charge in [0.15, 0.2) is 0 Å². The molecule has 0 aromatic heterocycles. The molecule has 2 aromatic rings. The molecule has 0 atom stereocenters. The van der Waals surface area contributed by atoms with E-state index in [1.165, 1.54) is 7.05 Å². The Morgan fingerprint density at radius 3 is 2.41 bits per heavy atom. The Morgan fingerprint density at radius 1 is 1.10 bits per heavy atom. The van der Waals surface area contributed by atoms with Crippen LogP contribution in [-0.2, 0) is 19.6 Å². The van der Waals surface area contributed by atoms with Gasteiger partial charge in [-0.2, -0.15) is 4.31 Å². The molecule has 0 aliphatic heterocycles. The van der Waals surface area contributed by atoms with Crippen molar-refractivity contribution in [3.8, 4) is 0 Å². The number of nitrogens with one attached hydrogen (secondary N) is 2. The number of aryl methyl sites for hydroxylation is 1. The SMILES string of the molecule is Cc1ccc(Br)cc1NC(=O)CCNC(=O)CN(C)S(=O)(=O)c1ccc(F)cc1. The largest absolute Gasteiger partial charge is 0.354 e. The molecule has 2 rings (SSSR count). The van der Waals surface area contributed by atoms with Gasteiger partial charge in [-0.3, -0.25) is 9.59 Å². The monoisotopic (exact) mass is 485 g/mol. The molecular formula is C19H21BrFN3O4S. The molecule has 2 N–H and O–H groups in total. The molecule has 0 spiro atoms. The first-order chi connectivity index (χ1) is 13.6. The Balaban J connectivity index is 1.82. The van der Waals surface area contributed by atoms with E-state index in [0.29, 0.717) is 5.69 Å². The molecule has 0 radical (unpaired) electrons. The molecule has 156 valence electrons. The van der Waals surface area contributed by atoms with Gasteiger partial charge in [-0.15, -0.1) is 0 Å². The second-order valence-corrected chi connectivity index (χ2v) is 9.28. The van der Waals surface area contributed by atoms with Crippen LogP contribution in [0, 0.1) is 12.7 Å². The van der Waals surface area contributed by atoms with E-state index in [4.69, 9.17) is 0 Å². The number of nitrogens with zero attached hydrogens (tertiary/aromatic N) is 1. The fourth-order valence-electron chi connectivity index (χ4n) is 2.39. The van der Waals surface area contributed by atoms with Gasteiger partial charge in [0.05, 0.1) is 11.4 Å². The van der Waals surface area contributed by atoms with Crippen LogP contribution in [0.3, 0.4) is 0 Å². The highest BCUT2D eigenvalue weighted by molar-refractivity contribution is 9.10. The molecule has 0 saturated carbocycles. The van der Waals surface area contributed by atoms with Crippen LogP contribution in [0.2, 0.25) is 0 Å². The first-order valence-electron chi connectivity index (χ1n) is 8.64. The maximum atomic E-state index is 13.0. The smallest absolute Gasteiger partial charge is 0.243 e. The topological polar surface area (TPSA) is 95.6 Å². The third-order valence-corrected chi connectivity index (χ3v) is 6.35. The average molecular weight is 486 g/mol. The van der Waals surface area contributed by atoms with Gasteiger partial charge in [0.25, 0.3) is 0 Å². The second kappa shape index (κ2) is 9.95. The Hall–Kier alpha value is -2.30. The zero-order valence-corrected chi connectivity index (χ0v) is 18.3. The van der Waals surface area contributed by atoms with Gasteiger partial charge in [-0.1, -0.05) is 22.0 Å². The van der Waals surface area contributed by atoms with Crippen molar-refractivity contribution >= 4 is 43.5 Å². The van der Waals surface area contributed by atoms with Crippen molar-refractivity contribution < 1.29 is 22.4 Å². The summed E-state index contributed by atoms with van der Waals surface area (Å²) in [6.45, 7) is 1.50. The summed E-state index contributed by atoms with van der Waals surface area (Å²) in [4.78, 5) is 23.9. The summed E-state index contributed by atoms with van der Waals surface area (Å²) >= 11 is 3.34. The number of amides is 2. The van der Waals surface area contributed by atoms with Crippen LogP contribution in [0.4, 0.5) is 10.1 Å². The number of benzene rings is 2. The van der Waals surface area contributed by atoms with Crippen molar-refractivity contribution in [1.82, 2.24) is 9.62 Å². The van der Waals surface area contributed by atoms with Gasteiger partial charge in [0.1, 0.15) is 5.82 Å². The van der Waals surface area contributed by atoms with Crippen LogP contribution in [0.1, 0.15) is 12.0 Å². The highest BCUT2D eigenvalue weighted by Gasteiger charge is 2.22. The average Bonchev–Trinajstić information content (AvgIpc) is 2.65. The summed E-state index contributed by atoms with van der Waals surface area (Å²) in [6, 6.07) is 9.83. The highest BCUT2D eigenvalue weighted by Crippen LogP contribution is 2.20. The molecule has 0 aliphatic rings. The fourth-order valence-corrected chi connectivity index (χ4v) is 3.87. The van der Waals surface area contributed by atoms with Crippen molar-refractivity contribution in [1.29, 1.82) is 0 Å². The summed E-state index contributed by atoms with van der Waals surface area (Å²) in [5.74, 6) is -1.39. The molecule has 7 nitrogen and oxygen atoms in total. The summed E-state index contributed by atoms with van der Waals surface area (Å²) < 4.78 is 39.4. The quantitative estimate of drug-likeness (QED) is 0.600. The number of hydrogen-bond acceptors (Lipinski definition) is 4. The lowest BCUT2D eigenvalue weighted by atomic mass is 10.2. The molecule has 0 fully saturated rings. The van der Waals surface area contributed by atoms with Gasteiger partial charge >= 0.3 is 0 Å². The van der Waals surface area contributed by atoms with Crippen LogP contribution in [-0.4, -0.2) is 44.7 Å². The molecule has 0 bridgehead atoms. The minimum atomic E-state index is -3.92. The van der Waals surface area contributed by atoms with Crippen molar-refractivity contribution in [2.75, 3.05) is 25.5 Å². The lowest BCUT2D eigenvalue weighted by Gasteiger charge is -2.17. The van der Waals surface area contributed by atoms with E-state index in [1.807, 2.05) is 19.1 Å². The summed E-state index contributed by atoms with van der Waals surface area (Å²) in [7, 11) is -2.67. The van der Waals surface area contributed by atoms with E-state index in [9.17, 15) is 22.4 Å². The summed E-state index contributed by atoms with van der Waals surface area (Å²) in [5, 5.41) is 5.27. The van der Waals surface area contributed by atoms with Crippen LogP contribution >= 0.6 is 15.9 Å². The molecule has 29 heavy (non-hydrogen) atoms. The number of likely N-dealkylation sites (N-methyl/N-ethyl adjacent to an activating group) is 1. The summed E-state index contributed by atoms with van der Waals surface area (Å²) in [6.07, 6.45) is 0.0338. The van der Waals surface area contributed by atoms with E-state index >= 15 is 0 Å². The zero-order chi connectivity index (χ0) is 21.6. The number of anilines is 1. The Labute approximate surface area is 177 Å². The first kappa shape index (κ1) is 23.0. The number of hydrogen-bond donors (Lipinski definition) is 2. The van der Waals surface area contributed by atoms with Crippen LogP contribution < -0.4 is 10.6 Å². The van der Waals surface area contributed by atoms with E-state index in [1.54, 1.807) is 6.07 Å². The predicted octanol–water partition coefficient (Wildman–Crippen LogP) is 2.66. The van der Waals surface area contributed by atoms with Crippen molar-refractivity contribution in [2.24, 2.45) is 0 Å². The summed E-state index contributed by atoms with van der Waals surface area (Å²) in [5.41, 5.74) is 1.57. The molecule has 0 aliphatic carbocycles. The first-order valence-corrected chi connectivity index (χ1v) is 10.9. The fraction of sp³-hybridized carbons (Fsp3) is 0.263. The highest BCUT2D eigenvalue weighted by atomic mass is 79.9. The third-order valence-electron chi connectivity index (χ3n) is 4.04. The molecule has 0 unspecified atom stereocenters. The maximum Gasteiger partial charge on any atom is 0.243 e. The number of sulfonamides is 1. The van der Waals surface area contributed by atoms with Gasteiger partial charge in [-0.25, -0.2) is 12.8 Å². The van der Waals surface area contributed by atoms with Crippen LogP contribution in [0.5, 0.6) is 0 Å². The normalized spacial score (nSPS) is 11.3. The molecule has 0 heterocycles. The molecular weight excluding hydrogens is 465 g/mol. The standard InChI is InChI=1S/C19H21BrFN3O4S/c1-13-3-4-14(20)11-17(13)23-18(25)9-10-22-19(26)12-24(2)29(27,28)16-7-5-15(21)6-8-16/h3-8,11H,9-10,12H2,1-2H3,(H,22,26)(H,23,25). The van der Waals surface area contributed by atoms with Gasteiger partial charge in [-0.05, 0) is 48.9 Å². The number of carbonyl (C=O) groups excluding carboxylic acids is 2. The zero-order valence-electron chi connectivity index (χ0n) is 15.9. The Bertz CT molecular complexity index is 997. The Morgan fingerprint density at radius 2 is 1.76 bits per heavy atom. The van der Waals surface area contributed by atoms with E-state index in [0.717, 1.165) is 38.6 Å². The number of carbonyl (C=O) groups is 2. The van der Waals surface area contributed by atoms with Gasteiger partial charge in [0.2, 0.25) is 21.8 Å². The molecule has 2 aromatic carbocycles. The van der Waals surface area contributed by atoms with Crippen LogP contribution in [0.15, 0.2) is 51.8 Å². The predicted molar refractivity (Wildman–Crippen MR) is 111 cm³/mol. The lowest BCUT2D eigenvalue weighted by Crippen LogP contribution is -2.39. The van der Waals surface area contributed by atoms with Gasteiger partial charge < -0.3 is 10.6 Å². The third kappa shape index (κ3) is 6.62. The lowest BCUT2D eigenvalue weighted by molar-refractivity contribution is -0.121. The van der Waals surface area contributed by atoms with E-state index in [2.05, 4.69) is 26.6 Å². The minimum Gasteiger partial charge on any atom is -0.354 e. The van der Waals surface area contributed by atoms with E-state index < -0.39 is 28.3 Å². The maximum absolute atomic E-state index is 13.0. The van der Waals surface area contributed by atoms with Crippen molar-refractivity contribution in [2.45, 2.75) is 18.2 Å². The van der Waals surface area contributed by atoms with Crippen LogP contribution in [0.25, 0.3) is 0 Å². The molecule has 2 amide bonds. The minimum absolute atomic E-state index is 0.0338. The number of rotatable bonds is 8. The molecule has 10 heteroatoms. The van der Waals surface area contributed by atoms with Gasteiger partial charge in [0, 0.05) is 30.2 Å². The van der Waals surface area contributed by atoms with Crippen molar-refractivity contribution in [3.63, 3.8) is 0 Å². The number of halogens is 2.